The van der Waals surface area contributed by atoms with Crippen LogP contribution in [0.25, 0.3) is 0 Å². The van der Waals surface area contributed by atoms with Crippen molar-refractivity contribution in [2.45, 2.75) is 31.8 Å². The SMILES string of the molecule is COC1(C=O)CCCc2cc(C)ccc21. The van der Waals surface area contributed by atoms with Crippen LogP contribution in [0.4, 0.5) is 0 Å². The molecule has 0 bridgehead atoms. The molecule has 0 aliphatic heterocycles. The van der Waals surface area contributed by atoms with Crippen LogP contribution in [0.5, 0.6) is 0 Å². The molecule has 0 N–H and O–H groups in total. The Morgan fingerprint density at radius 3 is 2.93 bits per heavy atom. The molecule has 2 nitrogen and oxygen atoms in total. The number of aryl methyl sites for hydroxylation is 2. The molecule has 1 aliphatic rings. The molecule has 1 unspecified atom stereocenters. The van der Waals surface area contributed by atoms with Gasteiger partial charge in [0.15, 0.2) is 6.29 Å². The fraction of sp³-hybridized carbons (Fsp3) is 0.462. The standard InChI is InChI=1S/C13H16O2/c1-10-5-6-12-11(8-10)4-3-7-13(12,9-14)15-2/h5-6,8-9H,3-4,7H2,1-2H3. The van der Waals surface area contributed by atoms with Gasteiger partial charge in [0.2, 0.25) is 0 Å². The van der Waals surface area contributed by atoms with Crippen molar-refractivity contribution in [1.82, 2.24) is 0 Å². The fourth-order valence-corrected chi connectivity index (χ4v) is 2.40. The summed E-state index contributed by atoms with van der Waals surface area (Å²) in [4.78, 5) is 11.2. The first kappa shape index (κ1) is 10.4. The number of ether oxygens (including phenoxy) is 1. The van der Waals surface area contributed by atoms with Crippen LogP contribution in [-0.4, -0.2) is 13.4 Å². The summed E-state index contributed by atoms with van der Waals surface area (Å²) < 4.78 is 5.43. The van der Waals surface area contributed by atoms with Gasteiger partial charge in [0.1, 0.15) is 5.60 Å². The molecule has 0 aromatic heterocycles. The molecule has 1 aromatic carbocycles. The molecule has 0 saturated carbocycles. The van der Waals surface area contributed by atoms with E-state index in [1.807, 2.05) is 12.1 Å². The number of hydrogen-bond donors (Lipinski definition) is 0. The van der Waals surface area contributed by atoms with Crippen molar-refractivity contribution in [1.29, 1.82) is 0 Å². The smallest absolute Gasteiger partial charge is 0.156 e. The minimum absolute atomic E-state index is 0.693. The Bertz CT molecular complexity index is 384. The van der Waals surface area contributed by atoms with Gasteiger partial charge in [0.25, 0.3) is 0 Å². The predicted octanol–water partition coefficient (Wildman–Crippen LogP) is 2.37. The van der Waals surface area contributed by atoms with Crippen molar-refractivity contribution < 1.29 is 9.53 Å². The Morgan fingerprint density at radius 1 is 1.47 bits per heavy atom. The van der Waals surface area contributed by atoms with Crippen molar-refractivity contribution >= 4 is 6.29 Å². The van der Waals surface area contributed by atoms with E-state index in [1.54, 1.807) is 7.11 Å². The molecule has 15 heavy (non-hydrogen) atoms. The molecular weight excluding hydrogens is 188 g/mol. The zero-order valence-corrected chi connectivity index (χ0v) is 9.25. The largest absolute Gasteiger partial charge is 0.366 e. The average Bonchev–Trinajstić information content (AvgIpc) is 2.27. The second kappa shape index (κ2) is 3.78. The van der Waals surface area contributed by atoms with Gasteiger partial charge in [-0.1, -0.05) is 23.8 Å². The van der Waals surface area contributed by atoms with E-state index in [-0.39, 0.29) is 0 Å². The molecule has 1 atom stereocenters. The number of aldehydes is 1. The number of hydrogen-bond acceptors (Lipinski definition) is 2. The minimum Gasteiger partial charge on any atom is -0.366 e. The van der Waals surface area contributed by atoms with Gasteiger partial charge in [0, 0.05) is 7.11 Å². The van der Waals surface area contributed by atoms with Gasteiger partial charge in [-0.3, -0.25) is 4.79 Å². The van der Waals surface area contributed by atoms with Crippen LogP contribution in [0.15, 0.2) is 18.2 Å². The molecule has 0 spiro atoms. The number of methoxy groups -OCH3 is 1. The Balaban J connectivity index is 2.55. The zero-order chi connectivity index (χ0) is 10.9. The number of benzene rings is 1. The van der Waals surface area contributed by atoms with Crippen molar-refractivity contribution in [3.63, 3.8) is 0 Å². The first-order valence-electron chi connectivity index (χ1n) is 5.33. The maximum absolute atomic E-state index is 11.2. The number of rotatable bonds is 2. The van der Waals surface area contributed by atoms with Crippen molar-refractivity contribution in [2.24, 2.45) is 0 Å². The van der Waals surface area contributed by atoms with Crippen molar-refractivity contribution in [3.05, 3.63) is 34.9 Å². The normalized spacial score (nSPS) is 24.7. The number of carbonyl (C=O) groups excluding carboxylic acids is 1. The summed E-state index contributed by atoms with van der Waals surface area (Å²) >= 11 is 0. The molecule has 2 heteroatoms. The van der Waals surface area contributed by atoms with E-state index in [0.717, 1.165) is 31.1 Å². The average molecular weight is 204 g/mol. The fourth-order valence-electron chi connectivity index (χ4n) is 2.40. The van der Waals surface area contributed by atoms with Gasteiger partial charge in [0.05, 0.1) is 0 Å². The first-order chi connectivity index (χ1) is 7.22. The van der Waals surface area contributed by atoms with Crippen molar-refractivity contribution in [3.8, 4) is 0 Å². The number of carbonyl (C=O) groups is 1. The molecule has 0 radical (unpaired) electrons. The molecule has 0 heterocycles. The van der Waals surface area contributed by atoms with Gasteiger partial charge < -0.3 is 4.74 Å². The molecule has 0 saturated heterocycles. The molecule has 80 valence electrons. The first-order valence-corrected chi connectivity index (χ1v) is 5.33. The quantitative estimate of drug-likeness (QED) is 0.691. The summed E-state index contributed by atoms with van der Waals surface area (Å²) in [5.41, 5.74) is 2.86. The van der Waals surface area contributed by atoms with E-state index in [1.165, 1.54) is 11.1 Å². The van der Waals surface area contributed by atoms with Gasteiger partial charge in [-0.25, -0.2) is 0 Å². The van der Waals surface area contributed by atoms with Crippen molar-refractivity contribution in [2.75, 3.05) is 7.11 Å². The van der Waals surface area contributed by atoms with Gasteiger partial charge >= 0.3 is 0 Å². The third-order valence-electron chi connectivity index (χ3n) is 3.27. The van der Waals surface area contributed by atoms with Gasteiger partial charge in [-0.05, 0) is 37.3 Å². The lowest BCUT2D eigenvalue weighted by Gasteiger charge is -2.33. The second-order valence-electron chi connectivity index (χ2n) is 4.23. The summed E-state index contributed by atoms with van der Waals surface area (Å²) in [7, 11) is 1.61. The Kier molecular flexibility index (Phi) is 2.61. The molecule has 0 fully saturated rings. The zero-order valence-electron chi connectivity index (χ0n) is 9.25. The number of fused-ring (bicyclic) bond motifs is 1. The molecule has 0 amide bonds. The Labute approximate surface area is 90.3 Å². The highest BCUT2D eigenvalue weighted by Crippen LogP contribution is 2.36. The van der Waals surface area contributed by atoms with E-state index >= 15 is 0 Å². The summed E-state index contributed by atoms with van der Waals surface area (Å²) in [5, 5.41) is 0. The van der Waals surface area contributed by atoms with Crippen LogP contribution < -0.4 is 0 Å². The Morgan fingerprint density at radius 2 is 2.27 bits per heavy atom. The molecule has 1 aliphatic carbocycles. The van der Waals surface area contributed by atoms with Crippen LogP contribution in [0.3, 0.4) is 0 Å². The van der Waals surface area contributed by atoms with E-state index < -0.39 is 5.60 Å². The minimum atomic E-state index is -0.693. The van der Waals surface area contributed by atoms with Crippen LogP contribution >= 0.6 is 0 Å². The molecule has 2 rings (SSSR count). The lowest BCUT2D eigenvalue weighted by Crippen LogP contribution is -2.34. The molecule has 1 aromatic rings. The monoisotopic (exact) mass is 204 g/mol. The lowest BCUT2D eigenvalue weighted by molar-refractivity contribution is -0.130. The van der Waals surface area contributed by atoms with Crippen LogP contribution in [0.2, 0.25) is 0 Å². The van der Waals surface area contributed by atoms with E-state index in [9.17, 15) is 4.79 Å². The topological polar surface area (TPSA) is 26.3 Å². The maximum atomic E-state index is 11.2. The Hall–Kier alpha value is -1.15. The third-order valence-corrected chi connectivity index (χ3v) is 3.27. The maximum Gasteiger partial charge on any atom is 0.156 e. The summed E-state index contributed by atoms with van der Waals surface area (Å²) in [6, 6.07) is 6.23. The van der Waals surface area contributed by atoms with E-state index in [0.29, 0.717) is 0 Å². The predicted molar refractivity (Wildman–Crippen MR) is 58.9 cm³/mol. The molecular formula is C13H16O2. The summed E-state index contributed by atoms with van der Waals surface area (Å²) in [5.74, 6) is 0. The third kappa shape index (κ3) is 1.59. The summed E-state index contributed by atoms with van der Waals surface area (Å²) in [6.45, 7) is 2.07. The van der Waals surface area contributed by atoms with Crippen LogP contribution in [0, 0.1) is 6.92 Å². The highest BCUT2D eigenvalue weighted by molar-refractivity contribution is 5.68. The summed E-state index contributed by atoms with van der Waals surface area (Å²) in [6.07, 6.45) is 3.81. The lowest BCUT2D eigenvalue weighted by atomic mass is 9.79. The highest BCUT2D eigenvalue weighted by Gasteiger charge is 2.36. The van der Waals surface area contributed by atoms with Gasteiger partial charge in [-0.15, -0.1) is 0 Å². The van der Waals surface area contributed by atoms with Gasteiger partial charge in [-0.2, -0.15) is 0 Å². The van der Waals surface area contributed by atoms with Crippen LogP contribution in [0.1, 0.15) is 29.5 Å². The second-order valence-corrected chi connectivity index (χ2v) is 4.23. The highest BCUT2D eigenvalue weighted by atomic mass is 16.5. The van der Waals surface area contributed by atoms with E-state index in [4.69, 9.17) is 4.74 Å². The van der Waals surface area contributed by atoms with E-state index in [2.05, 4.69) is 13.0 Å². The van der Waals surface area contributed by atoms with Crippen LogP contribution in [-0.2, 0) is 21.6 Å².